The molecule has 12 heavy (non-hydrogen) atoms. The molecule has 1 nitrogen and oxygen atoms in total. The van der Waals surface area contributed by atoms with Gasteiger partial charge in [-0.15, -0.1) is 0 Å². The van der Waals surface area contributed by atoms with Gasteiger partial charge < -0.3 is 0 Å². The Morgan fingerprint density at radius 1 is 1.25 bits per heavy atom. The molecule has 2 aliphatic carbocycles. The van der Waals surface area contributed by atoms with E-state index in [1.54, 1.807) is 0 Å². The molecule has 2 atom stereocenters. The molecule has 0 aromatic carbocycles. The molecule has 0 N–H and O–H groups in total. The van der Waals surface area contributed by atoms with E-state index >= 15 is 0 Å². The second-order valence-electron chi connectivity index (χ2n) is 4.77. The second-order valence-corrected chi connectivity index (χ2v) is 4.77. The average molecular weight is 166 g/mol. The summed E-state index contributed by atoms with van der Waals surface area (Å²) >= 11 is 0. The zero-order valence-corrected chi connectivity index (χ0v) is 7.94. The Balaban J connectivity index is 2.18. The number of carbonyl (C=O) groups is 1. The third kappa shape index (κ3) is 1.19. The molecule has 2 rings (SSSR count). The molecule has 2 saturated carbocycles. The van der Waals surface area contributed by atoms with Gasteiger partial charge in [0.25, 0.3) is 0 Å². The van der Waals surface area contributed by atoms with Gasteiger partial charge in [0.15, 0.2) is 0 Å². The molecular formula is C11H18O. The van der Waals surface area contributed by atoms with E-state index in [-0.39, 0.29) is 0 Å². The van der Waals surface area contributed by atoms with Gasteiger partial charge in [-0.2, -0.15) is 0 Å². The first-order valence-electron chi connectivity index (χ1n) is 5.25. The monoisotopic (exact) mass is 166 g/mol. The van der Waals surface area contributed by atoms with Crippen molar-refractivity contribution in [2.75, 3.05) is 0 Å². The summed E-state index contributed by atoms with van der Waals surface area (Å²) in [4.78, 5) is 11.6. The molecule has 0 aromatic rings. The molecule has 68 valence electrons. The minimum Gasteiger partial charge on any atom is -0.299 e. The third-order valence-corrected chi connectivity index (χ3v) is 3.89. The van der Waals surface area contributed by atoms with Crippen molar-refractivity contribution < 1.29 is 4.79 Å². The van der Waals surface area contributed by atoms with Crippen molar-refractivity contribution in [3.8, 4) is 0 Å². The normalized spacial score (nSPS) is 42.4. The van der Waals surface area contributed by atoms with Crippen molar-refractivity contribution in [2.24, 2.45) is 11.3 Å². The second kappa shape index (κ2) is 2.86. The zero-order valence-electron chi connectivity index (χ0n) is 7.94. The van der Waals surface area contributed by atoms with E-state index in [1.165, 1.54) is 32.1 Å². The quantitative estimate of drug-likeness (QED) is 0.540. The van der Waals surface area contributed by atoms with Gasteiger partial charge in [0.05, 0.1) is 0 Å². The summed E-state index contributed by atoms with van der Waals surface area (Å²) in [6, 6.07) is 0. The van der Waals surface area contributed by atoms with Gasteiger partial charge in [-0.3, -0.25) is 4.79 Å². The molecule has 0 unspecified atom stereocenters. The Hall–Kier alpha value is -0.330. The first kappa shape index (κ1) is 8.28. The maximum absolute atomic E-state index is 11.6. The van der Waals surface area contributed by atoms with Crippen molar-refractivity contribution in [1.29, 1.82) is 0 Å². The number of hydrogen-bond donors (Lipinski definition) is 0. The predicted octanol–water partition coefficient (Wildman–Crippen LogP) is 2.94. The van der Waals surface area contributed by atoms with Crippen LogP contribution in [0.2, 0.25) is 0 Å². The number of hydrogen-bond acceptors (Lipinski definition) is 1. The lowest BCUT2D eigenvalue weighted by Gasteiger charge is -2.43. The number of ketones is 1. The highest BCUT2D eigenvalue weighted by Crippen LogP contribution is 2.48. The average Bonchev–Trinajstić information content (AvgIpc) is 2.04. The first-order chi connectivity index (χ1) is 5.72. The van der Waals surface area contributed by atoms with Gasteiger partial charge >= 0.3 is 0 Å². The van der Waals surface area contributed by atoms with Crippen LogP contribution in [0.25, 0.3) is 0 Å². The van der Waals surface area contributed by atoms with Gasteiger partial charge in [0.1, 0.15) is 5.78 Å². The van der Waals surface area contributed by atoms with Crippen LogP contribution in [0.5, 0.6) is 0 Å². The van der Waals surface area contributed by atoms with E-state index in [4.69, 9.17) is 0 Å². The summed E-state index contributed by atoms with van der Waals surface area (Å²) in [6.45, 7) is 2.33. The lowest BCUT2D eigenvalue weighted by molar-refractivity contribution is -0.132. The Morgan fingerprint density at radius 3 is 2.75 bits per heavy atom. The first-order valence-corrected chi connectivity index (χ1v) is 5.25. The highest BCUT2D eigenvalue weighted by molar-refractivity contribution is 5.82. The van der Waals surface area contributed by atoms with Crippen molar-refractivity contribution in [1.82, 2.24) is 0 Å². The van der Waals surface area contributed by atoms with E-state index < -0.39 is 0 Å². The molecule has 1 heteroatoms. The van der Waals surface area contributed by atoms with Crippen LogP contribution in [0.15, 0.2) is 0 Å². The van der Waals surface area contributed by atoms with Gasteiger partial charge in [-0.05, 0) is 31.1 Å². The smallest absolute Gasteiger partial charge is 0.136 e. The standard InChI is InChI=1S/C11H18O/c1-11-7-3-2-5-9(11)10(12)6-4-8-11/h9H,2-8H2,1H3/t9-,11-/m1/s1. The molecule has 0 aliphatic heterocycles. The summed E-state index contributed by atoms with van der Waals surface area (Å²) in [6.07, 6.45) is 8.40. The van der Waals surface area contributed by atoms with Crippen LogP contribution in [0.3, 0.4) is 0 Å². The Morgan fingerprint density at radius 2 is 2.00 bits per heavy atom. The van der Waals surface area contributed by atoms with Gasteiger partial charge in [-0.1, -0.05) is 19.8 Å². The predicted molar refractivity (Wildman–Crippen MR) is 48.9 cm³/mol. The lowest BCUT2D eigenvalue weighted by Crippen LogP contribution is -2.39. The number of Topliss-reactive ketones (excluding diaryl/α,β-unsaturated/α-hetero) is 1. The summed E-state index contributed by atoms with van der Waals surface area (Å²) < 4.78 is 0. The largest absolute Gasteiger partial charge is 0.299 e. The molecule has 0 radical (unpaired) electrons. The van der Waals surface area contributed by atoms with Gasteiger partial charge in [0.2, 0.25) is 0 Å². The topological polar surface area (TPSA) is 17.1 Å². The lowest BCUT2D eigenvalue weighted by atomic mass is 9.60. The molecule has 0 spiro atoms. The highest BCUT2D eigenvalue weighted by atomic mass is 16.1. The molecule has 0 saturated heterocycles. The molecular weight excluding hydrogens is 148 g/mol. The van der Waals surface area contributed by atoms with Gasteiger partial charge in [-0.25, -0.2) is 0 Å². The van der Waals surface area contributed by atoms with Crippen molar-refractivity contribution >= 4 is 5.78 Å². The SMILES string of the molecule is C[C@]12CCCC[C@@H]1C(=O)CCC2. The van der Waals surface area contributed by atoms with E-state index in [2.05, 4.69) is 6.92 Å². The Labute approximate surface area is 74.5 Å². The fourth-order valence-electron chi connectivity index (χ4n) is 3.09. The summed E-state index contributed by atoms with van der Waals surface area (Å²) in [5, 5.41) is 0. The maximum Gasteiger partial charge on any atom is 0.136 e. The van der Waals surface area contributed by atoms with Crippen LogP contribution < -0.4 is 0 Å². The van der Waals surface area contributed by atoms with Crippen LogP contribution in [0.1, 0.15) is 51.9 Å². The number of fused-ring (bicyclic) bond motifs is 1. The molecule has 0 aromatic heterocycles. The van der Waals surface area contributed by atoms with Crippen LogP contribution in [0.4, 0.5) is 0 Å². The van der Waals surface area contributed by atoms with E-state index in [0.717, 1.165) is 12.8 Å². The van der Waals surface area contributed by atoms with Crippen LogP contribution >= 0.6 is 0 Å². The van der Waals surface area contributed by atoms with Crippen LogP contribution in [-0.4, -0.2) is 5.78 Å². The van der Waals surface area contributed by atoms with E-state index in [9.17, 15) is 4.79 Å². The van der Waals surface area contributed by atoms with Gasteiger partial charge in [0, 0.05) is 12.3 Å². The fraction of sp³-hybridized carbons (Fsp3) is 0.909. The minimum absolute atomic E-state index is 0.396. The molecule has 2 fully saturated rings. The van der Waals surface area contributed by atoms with E-state index in [1.807, 2.05) is 0 Å². The highest BCUT2D eigenvalue weighted by Gasteiger charge is 2.42. The van der Waals surface area contributed by atoms with Crippen LogP contribution in [0, 0.1) is 11.3 Å². The van der Waals surface area contributed by atoms with Crippen molar-refractivity contribution in [2.45, 2.75) is 51.9 Å². The summed E-state index contributed by atoms with van der Waals surface area (Å²) in [5.74, 6) is 0.989. The summed E-state index contributed by atoms with van der Waals surface area (Å²) in [5.41, 5.74) is 0.396. The molecule has 0 amide bonds. The minimum atomic E-state index is 0.396. The third-order valence-electron chi connectivity index (χ3n) is 3.89. The summed E-state index contributed by atoms with van der Waals surface area (Å²) in [7, 11) is 0. The number of carbonyl (C=O) groups excluding carboxylic acids is 1. The van der Waals surface area contributed by atoms with Crippen molar-refractivity contribution in [3.05, 3.63) is 0 Å². The zero-order chi connectivity index (χ0) is 8.60. The Kier molecular flexibility index (Phi) is 1.97. The van der Waals surface area contributed by atoms with E-state index in [0.29, 0.717) is 17.1 Å². The molecule has 2 aliphatic rings. The number of rotatable bonds is 0. The molecule has 0 bridgehead atoms. The maximum atomic E-state index is 11.6. The van der Waals surface area contributed by atoms with Crippen LogP contribution in [-0.2, 0) is 4.79 Å². The van der Waals surface area contributed by atoms with Crippen molar-refractivity contribution in [3.63, 3.8) is 0 Å². The fourth-order valence-corrected chi connectivity index (χ4v) is 3.09. The Bertz CT molecular complexity index is 193. The molecule has 0 heterocycles.